The third-order valence-corrected chi connectivity index (χ3v) is 3.51. The molecule has 0 aromatic heterocycles. The van der Waals surface area contributed by atoms with Crippen LogP contribution < -0.4 is 5.14 Å². The van der Waals surface area contributed by atoms with Gasteiger partial charge in [-0.2, -0.15) is 12.7 Å². The van der Waals surface area contributed by atoms with Crippen molar-refractivity contribution in [3.63, 3.8) is 0 Å². The lowest BCUT2D eigenvalue weighted by Crippen LogP contribution is -2.44. The minimum atomic E-state index is -3.64. The van der Waals surface area contributed by atoms with E-state index < -0.39 is 10.2 Å². The predicted octanol–water partition coefficient (Wildman–Crippen LogP) is -0.573. The van der Waals surface area contributed by atoms with Crippen LogP contribution in [0.5, 0.6) is 0 Å². The molecular formula is C7H16N2O3S. The first kappa shape index (κ1) is 10.9. The van der Waals surface area contributed by atoms with Gasteiger partial charge in [0.25, 0.3) is 10.2 Å². The van der Waals surface area contributed by atoms with E-state index in [1.807, 2.05) is 0 Å². The fourth-order valence-corrected chi connectivity index (χ4v) is 2.77. The van der Waals surface area contributed by atoms with Crippen LogP contribution in [0.25, 0.3) is 0 Å². The summed E-state index contributed by atoms with van der Waals surface area (Å²) < 4.78 is 23.4. The Bertz CT molecular complexity index is 246. The Morgan fingerprint density at radius 3 is 2.31 bits per heavy atom. The lowest BCUT2D eigenvalue weighted by Gasteiger charge is -2.24. The van der Waals surface area contributed by atoms with E-state index >= 15 is 0 Å². The zero-order chi connectivity index (χ0) is 9.90. The Morgan fingerprint density at radius 2 is 1.92 bits per heavy atom. The van der Waals surface area contributed by atoms with Crippen molar-refractivity contribution in [1.29, 1.82) is 0 Å². The fraction of sp³-hybridized carbons (Fsp3) is 1.00. The highest BCUT2D eigenvalue weighted by molar-refractivity contribution is 7.86. The summed E-state index contributed by atoms with van der Waals surface area (Å²) >= 11 is 0. The average Bonchev–Trinajstić information content (AvgIpc) is 2.49. The summed E-state index contributed by atoms with van der Waals surface area (Å²) in [5.41, 5.74) is 0. The first-order valence-corrected chi connectivity index (χ1v) is 5.96. The molecule has 0 aliphatic heterocycles. The minimum absolute atomic E-state index is 0.00199. The molecule has 0 bridgehead atoms. The van der Waals surface area contributed by atoms with E-state index in [-0.39, 0.29) is 19.2 Å². The summed E-state index contributed by atoms with van der Waals surface area (Å²) in [5, 5.41) is 13.7. The lowest BCUT2D eigenvalue weighted by atomic mass is 10.2. The molecular weight excluding hydrogens is 192 g/mol. The molecule has 0 unspecified atom stereocenters. The average molecular weight is 208 g/mol. The van der Waals surface area contributed by atoms with E-state index in [0.717, 1.165) is 25.7 Å². The van der Waals surface area contributed by atoms with E-state index in [1.165, 1.54) is 4.31 Å². The van der Waals surface area contributed by atoms with Crippen LogP contribution in [-0.2, 0) is 10.2 Å². The van der Waals surface area contributed by atoms with E-state index in [4.69, 9.17) is 10.2 Å². The third kappa shape index (κ3) is 2.91. The highest BCUT2D eigenvalue weighted by Gasteiger charge is 2.28. The monoisotopic (exact) mass is 208 g/mol. The van der Waals surface area contributed by atoms with Crippen LogP contribution in [0, 0.1) is 0 Å². The summed E-state index contributed by atoms with van der Waals surface area (Å²) in [4.78, 5) is 0. The lowest BCUT2D eigenvalue weighted by molar-refractivity contribution is 0.226. The minimum Gasteiger partial charge on any atom is -0.395 e. The molecule has 1 fully saturated rings. The molecule has 0 saturated heterocycles. The second-order valence-corrected chi connectivity index (χ2v) is 4.82. The summed E-state index contributed by atoms with van der Waals surface area (Å²) in [6.07, 6.45) is 3.80. The van der Waals surface area contributed by atoms with Crippen LogP contribution in [0.2, 0.25) is 0 Å². The molecule has 0 atom stereocenters. The molecule has 1 saturated carbocycles. The molecule has 6 heteroatoms. The van der Waals surface area contributed by atoms with E-state index in [1.54, 1.807) is 0 Å². The molecule has 1 aliphatic carbocycles. The summed E-state index contributed by atoms with van der Waals surface area (Å²) in [6.45, 7) is -0.0591. The Kier molecular flexibility index (Phi) is 3.66. The van der Waals surface area contributed by atoms with Gasteiger partial charge in [-0.05, 0) is 12.8 Å². The van der Waals surface area contributed by atoms with Gasteiger partial charge in [-0.3, -0.25) is 0 Å². The van der Waals surface area contributed by atoms with Gasteiger partial charge in [0, 0.05) is 12.6 Å². The molecule has 13 heavy (non-hydrogen) atoms. The van der Waals surface area contributed by atoms with Crippen molar-refractivity contribution >= 4 is 10.2 Å². The van der Waals surface area contributed by atoms with Gasteiger partial charge in [0.15, 0.2) is 0 Å². The quantitative estimate of drug-likeness (QED) is 0.648. The number of hydrogen-bond donors (Lipinski definition) is 2. The smallest absolute Gasteiger partial charge is 0.277 e. The van der Waals surface area contributed by atoms with Gasteiger partial charge in [-0.1, -0.05) is 12.8 Å². The molecule has 0 radical (unpaired) electrons. The Labute approximate surface area is 78.7 Å². The van der Waals surface area contributed by atoms with Gasteiger partial charge in [0.05, 0.1) is 6.61 Å². The van der Waals surface area contributed by atoms with Gasteiger partial charge in [-0.25, -0.2) is 5.14 Å². The molecule has 1 rings (SSSR count). The van der Waals surface area contributed by atoms with Crippen molar-refractivity contribution in [3.05, 3.63) is 0 Å². The molecule has 0 amide bonds. The largest absolute Gasteiger partial charge is 0.395 e. The van der Waals surface area contributed by atoms with Gasteiger partial charge >= 0.3 is 0 Å². The fourth-order valence-electron chi connectivity index (χ4n) is 1.81. The van der Waals surface area contributed by atoms with Crippen molar-refractivity contribution in [3.8, 4) is 0 Å². The van der Waals surface area contributed by atoms with Crippen molar-refractivity contribution in [2.45, 2.75) is 31.7 Å². The SMILES string of the molecule is NS(=O)(=O)N(CCO)C1CCCC1. The zero-order valence-electron chi connectivity index (χ0n) is 7.52. The normalized spacial score (nSPS) is 19.9. The Balaban J connectivity index is 2.66. The van der Waals surface area contributed by atoms with Gasteiger partial charge in [-0.15, -0.1) is 0 Å². The standard InChI is InChI=1S/C7H16N2O3S/c8-13(11,12)9(5-6-10)7-3-1-2-4-7/h7,10H,1-6H2,(H2,8,11,12). The number of aliphatic hydroxyl groups is 1. The van der Waals surface area contributed by atoms with Crippen LogP contribution in [0.1, 0.15) is 25.7 Å². The molecule has 0 heterocycles. The molecule has 3 N–H and O–H groups in total. The first-order valence-electron chi connectivity index (χ1n) is 4.46. The van der Waals surface area contributed by atoms with Crippen LogP contribution in [0.15, 0.2) is 0 Å². The van der Waals surface area contributed by atoms with Gasteiger partial charge < -0.3 is 5.11 Å². The summed E-state index contributed by atoms with van der Waals surface area (Å²) in [5.74, 6) is 0. The maximum Gasteiger partial charge on any atom is 0.277 e. The number of nitrogens with two attached hydrogens (primary N) is 1. The second kappa shape index (κ2) is 4.36. The number of nitrogens with zero attached hydrogens (tertiary/aromatic N) is 1. The molecule has 0 spiro atoms. The van der Waals surface area contributed by atoms with Crippen LogP contribution in [0.4, 0.5) is 0 Å². The zero-order valence-corrected chi connectivity index (χ0v) is 8.33. The highest BCUT2D eigenvalue weighted by atomic mass is 32.2. The molecule has 0 aromatic carbocycles. The molecule has 5 nitrogen and oxygen atoms in total. The van der Waals surface area contributed by atoms with Crippen LogP contribution in [0.3, 0.4) is 0 Å². The highest BCUT2D eigenvalue weighted by Crippen LogP contribution is 2.24. The molecule has 0 aromatic rings. The topological polar surface area (TPSA) is 83.6 Å². The van der Waals surface area contributed by atoms with Crippen molar-refractivity contribution in [1.82, 2.24) is 4.31 Å². The molecule has 1 aliphatic rings. The predicted molar refractivity (Wildman–Crippen MR) is 49.2 cm³/mol. The van der Waals surface area contributed by atoms with E-state index in [9.17, 15) is 8.42 Å². The number of hydrogen-bond acceptors (Lipinski definition) is 3. The maximum atomic E-state index is 11.1. The van der Waals surface area contributed by atoms with E-state index in [2.05, 4.69) is 0 Å². The van der Waals surface area contributed by atoms with Crippen molar-refractivity contribution in [2.24, 2.45) is 5.14 Å². The summed E-state index contributed by atoms with van der Waals surface area (Å²) in [7, 11) is -3.64. The van der Waals surface area contributed by atoms with Gasteiger partial charge in [0.2, 0.25) is 0 Å². The van der Waals surface area contributed by atoms with Gasteiger partial charge in [0.1, 0.15) is 0 Å². The third-order valence-electron chi connectivity index (χ3n) is 2.38. The van der Waals surface area contributed by atoms with Crippen LogP contribution >= 0.6 is 0 Å². The number of rotatable bonds is 4. The van der Waals surface area contributed by atoms with Crippen molar-refractivity contribution in [2.75, 3.05) is 13.2 Å². The van der Waals surface area contributed by atoms with E-state index in [0.29, 0.717) is 0 Å². The molecule has 78 valence electrons. The summed E-state index contributed by atoms with van der Waals surface area (Å²) in [6, 6.07) is 0.00199. The number of aliphatic hydroxyl groups excluding tert-OH is 1. The Hall–Kier alpha value is -0.170. The Morgan fingerprint density at radius 1 is 1.38 bits per heavy atom. The van der Waals surface area contributed by atoms with Crippen molar-refractivity contribution < 1.29 is 13.5 Å². The maximum absolute atomic E-state index is 11.1. The second-order valence-electron chi connectivity index (χ2n) is 3.32. The van der Waals surface area contributed by atoms with Crippen LogP contribution in [-0.4, -0.2) is 37.0 Å². The first-order chi connectivity index (χ1) is 6.05.